The summed E-state index contributed by atoms with van der Waals surface area (Å²) in [4.78, 5) is 19.3. The summed E-state index contributed by atoms with van der Waals surface area (Å²) in [6, 6.07) is 17.8. The minimum absolute atomic E-state index is 0.00367. The number of anilines is 1. The Kier molecular flexibility index (Phi) is 8.01. The van der Waals surface area contributed by atoms with E-state index in [2.05, 4.69) is 36.1 Å². The number of carboxylic acids is 1. The van der Waals surface area contributed by atoms with Crippen LogP contribution in [-0.4, -0.2) is 40.3 Å². The number of hydrogen-bond acceptors (Lipinski definition) is 6. The van der Waals surface area contributed by atoms with Crippen LogP contribution in [-0.2, 0) is 33.3 Å². The summed E-state index contributed by atoms with van der Waals surface area (Å²) < 4.78 is 28.2. The molecule has 0 aliphatic rings. The SMILES string of the molecule is CCC(C)(C)c1ccc(CN(Cc2cccc(NCC(=O)O)n2)S(=O)(=O)c2ccccn2)cc1. The van der Waals surface area contributed by atoms with Crippen LogP contribution in [0.5, 0.6) is 0 Å². The molecule has 2 heterocycles. The van der Waals surface area contributed by atoms with Gasteiger partial charge in [0.25, 0.3) is 10.0 Å². The number of nitrogens with one attached hydrogen (secondary N) is 1. The van der Waals surface area contributed by atoms with Crippen LogP contribution >= 0.6 is 0 Å². The summed E-state index contributed by atoms with van der Waals surface area (Å²) in [5.41, 5.74) is 2.55. The molecular formula is C25H30N4O4S. The molecule has 0 aliphatic carbocycles. The number of sulfonamides is 1. The fraction of sp³-hybridized carbons (Fsp3) is 0.320. The molecule has 9 heteroatoms. The van der Waals surface area contributed by atoms with Crippen LogP contribution in [0.4, 0.5) is 5.82 Å². The van der Waals surface area contributed by atoms with Crippen molar-refractivity contribution in [1.82, 2.24) is 14.3 Å². The number of carbonyl (C=O) groups is 1. The second-order valence-corrected chi connectivity index (χ2v) is 10.5. The van der Waals surface area contributed by atoms with Gasteiger partial charge in [0.2, 0.25) is 0 Å². The average molecular weight is 483 g/mol. The Morgan fingerprint density at radius 2 is 1.76 bits per heavy atom. The summed E-state index contributed by atoms with van der Waals surface area (Å²) in [6.07, 6.45) is 2.44. The van der Waals surface area contributed by atoms with Gasteiger partial charge in [-0.2, -0.15) is 4.31 Å². The number of pyridine rings is 2. The Labute approximate surface area is 200 Å². The highest BCUT2D eigenvalue weighted by atomic mass is 32.2. The van der Waals surface area contributed by atoms with Crippen molar-refractivity contribution in [3.63, 3.8) is 0 Å². The normalized spacial score (nSPS) is 12.0. The Balaban J connectivity index is 1.91. The number of benzene rings is 1. The van der Waals surface area contributed by atoms with Crippen molar-refractivity contribution in [3.05, 3.63) is 83.7 Å². The Morgan fingerprint density at radius 3 is 2.38 bits per heavy atom. The fourth-order valence-corrected chi connectivity index (χ4v) is 4.67. The molecular weight excluding hydrogens is 452 g/mol. The maximum Gasteiger partial charge on any atom is 0.322 e. The predicted octanol–water partition coefficient (Wildman–Crippen LogP) is 4.05. The van der Waals surface area contributed by atoms with Gasteiger partial charge in [0.15, 0.2) is 5.03 Å². The van der Waals surface area contributed by atoms with Crippen molar-refractivity contribution in [2.45, 2.75) is 50.7 Å². The second kappa shape index (κ2) is 10.8. The number of rotatable bonds is 11. The predicted molar refractivity (Wildman–Crippen MR) is 131 cm³/mol. The molecule has 0 spiro atoms. The lowest BCUT2D eigenvalue weighted by molar-refractivity contribution is -0.134. The zero-order valence-corrected chi connectivity index (χ0v) is 20.4. The standard InChI is InChI=1S/C25H30N4O4S/c1-4-25(2,3)20-13-11-19(12-14-20)17-29(34(32,33)23-10-5-6-15-26-23)18-21-8-7-9-22(28-21)27-16-24(30)31/h5-15H,4,16-18H2,1-3H3,(H,27,28)(H,30,31). The third-order valence-corrected chi connectivity index (χ3v) is 7.49. The Morgan fingerprint density at radius 1 is 1.03 bits per heavy atom. The van der Waals surface area contributed by atoms with Gasteiger partial charge in [-0.25, -0.2) is 18.4 Å². The highest BCUT2D eigenvalue weighted by Crippen LogP contribution is 2.27. The highest BCUT2D eigenvalue weighted by molar-refractivity contribution is 7.89. The molecule has 2 N–H and O–H groups in total. The third kappa shape index (κ3) is 6.39. The molecule has 0 bridgehead atoms. The van der Waals surface area contributed by atoms with E-state index in [9.17, 15) is 13.2 Å². The van der Waals surface area contributed by atoms with Crippen molar-refractivity contribution < 1.29 is 18.3 Å². The minimum Gasteiger partial charge on any atom is -0.480 e. The van der Waals surface area contributed by atoms with Crippen LogP contribution in [0, 0.1) is 0 Å². The number of carboxylic acid groups (broad SMARTS) is 1. The topological polar surface area (TPSA) is 112 Å². The molecule has 0 amide bonds. The summed E-state index contributed by atoms with van der Waals surface area (Å²) in [5, 5.41) is 11.6. The number of aliphatic carboxylic acids is 1. The van der Waals surface area contributed by atoms with E-state index in [-0.39, 0.29) is 30.1 Å². The van der Waals surface area contributed by atoms with E-state index in [0.29, 0.717) is 11.5 Å². The highest BCUT2D eigenvalue weighted by Gasteiger charge is 2.27. The van der Waals surface area contributed by atoms with E-state index in [0.717, 1.165) is 12.0 Å². The smallest absolute Gasteiger partial charge is 0.322 e. The summed E-state index contributed by atoms with van der Waals surface area (Å²) >= 11 is 0. The number of aromatic nitrogens is 2. The van der Waals surface area contributed by atoms with E-state index in [1.807, 2.05) is 24.3 Å². The maximum absolute atomic E-state index is 13.5. The quantitative estimate of drug-likeness (QED) is 0.424. The van der Waals surface area contributed by atoms with E-state index in [1.54, 1.807) is 30.3 Å². The lowest BCUT2D eigenvalue weighted by atomic mass is 9.82. The molecule has 0 radical (unpaired) electrons. The monoisotopic (exact) mass is 482 g/mol. The number of nitrogens with zero attached hydrogens (tertiary/aromatic N) is 3. The summed E-state index contributed by atoms with van der Waals surface area (Å²) in [7, 11) is -3.91. The Hall–Kier alpha value is -3.30. The van der Waals surface area contributed by atoms with Crippen LogP contribution < -0.4 is 5.32 Å². The van der Waals surface area contributed by atoms with Crippen molar-refractivity contribution in [1.29, 1.82) is 0 Å². The maximum atomic E-state index is 13.5. The van der Waals surface area contributed by atoms with Gasteiger partial charge in [0.05, 0.1) is 12.2 Å². The van der Waals surface area contributed by atoms with Crippen LogP contribution in [0.2, 0.25) is 0 Å². The molecule has 8 nitrogen and oxygen atoms in total. The Bertz CT molecular complexity index is 1210. The van der Waals surface area contributed by atoms with Gasteiger partial charge >= 0.3 is 5.97 Å². The van der Waals surface area contributed by atoms with Gasteiger partial charge in [-0.05, 0) is 47.2 Å². The molecule has 0 fully saturated rings. The van der Waals surface area contributed by atoms with Gasteiger partial charge < -0.3 is 10.4 Å². The molecule has 1 aromatic carbocycles. The van der Waals surface area contributed by atoms with Crippen LogP contribution in [0.15, 0.2) is 71.9 Å². The molecule has 0 aliphatic heterocycles. The fourth-order valence-electron chi connectivity index (χ4n) is 3.34. The lowest BCUT2D eigenvalue weighted by Crippen LogP contribution is -2.31. The van der Waals surface area contributed by atoms with Crippen molar-refractivity contribution in [3.8, 4) is 0 Å². The second-order valence-electron chi connectivity index (χ2n) is 8.64. The van der Waals surface area contributed by atoms with E-state index < -0.39 is 16.0 Å². The first-order valence-electron chi connectivity index (χ1n) is 11.0. The van der Waals surface area contributed by atoms with Crippen molar-refractivity contribution in [2.75, 3.05) is 11.9 Å². The minimum atomic E-state index is -3.91. The lowest BCUT2D eigenvalue weighted by Gasteiger charge is -2.25. The van der Waals surface area contributed by atoms with Gasteiger partial charge in [0.1, 0.15) is 12.4 Å². The van der Waals surface area contributed by atoms with E-state index in [4.69, 9.17) is 5.11 Å². The largest absolute Gasteiger partial charge is 0.480 e. The van der Waals surface area contributed by atoms with Crippen molar-refractivity contribution >= 4 is 21.8 Å². The molecule has 3 rings (SSSR count). The van der Waals surface area contributed by atoms with Crippen LogP contribution in [0.3, 0.4) is 0 Å². The molecule has 0 atom stereocenters. The molecule has 0 saturated heterocycles. The zero-order chi connectivity index (χ0) is 24.8. The van der Waals surface area contributed by atoms with E-state index in [1.165, 1.54) is 22.1 Å². The van der Waals surface area contributed by atoms with Gasteiger partial charge in [-0.3, -0.25) is 4.79 Å². The summed E-state index contributed by atoms with van der Waals surface area (Å²) in [5.74, 6) is -0.650. The molecule has 3 aromatic rings. The third-order valence-electron chi connectivity index (χ3n) is 5.79. The molecule has 180 valence electrons. The van der Waals surface area contributed by atoms with Crippen molar-refractivity contribution in [2.24, 2.45) is 0 Å². The first kappa shape index (κ1) is 25.3. The molecule has 2 aromatic heterocycles. The van der Waals surface area contributed by atoms with Gasteiger partial charge in [0, 0.05) is 12.7 Å². The molecule has 0 saturated carbocycles. The number of hydrogen-bond donors (Lipinski definition) is 2. The molecule has 34 heavy (non-hydrogen) atoms. The average Bonchev–Trinajstić information content (AvgIpc) is 2.83. The van der Waals surface area contributed by atoms with Gasteiger partial charge in [-0.1, -0.05) is 57.2 Å². The van der Waals surface area contributed by atoms with Gasteiger partial charge in [-0.15, -0.1) is 0 Å². The van der Waals surface area contributed by atoms with Crippen LogP contribution in [0.1, 0.15) is 44.0 Å². The zero-order valence-electron chi connectivity index (χ0n) is 19.6. The first-order valence-corrected chi connectivity index (χ1v) is 12.5. The van der Waals surface area contributed by atoms with E-state index >= 15 is 0 Å². The summed E-state index contributed by atoms with van der Waals surface area (Å²) in [6.45, 7) is 6.35. The van der Waals surface area contributed by atoms with Crippen LogP contribution in [0.25, 0.3) is 0 Å². The first-order chi connectivity index (χ1) is 16.1. The molecule has 0 unspecified atom stereocenters.